The molecule has 0 saturated carbocycles. The molecule has 0 aliphatic carbocycles. The van der Waals surface area contributed by atoms with E-state index in [2.05, 4.69) is 32.6 Å². The first kappa shape index (κ1) is 16.4. The lowest BCUT2D eigenvalue weighted by molar-refractivity contribution is -0.192. The number of aromatic nitrogens is 1. The average Bonchev–Trinajstić information content (AvgIpc) is 2.20. The van der Waals surface area contributed by atoms with E-state index < -0.39 is 12.1 Å². The number of carbonyl (C=O) groups is 1. The lowest BCUT2D eigenvalue weighted by atomic mass is 10.5. The summed E-state index contributed by atoms with van der Waals surface area (Å²) in [6, 6.07) is 3.64. The van der Waals surface area contributed by atoms with E-state index in [9.17, 15) is 13.2 Å². The molecule has 0 saturated heterocycles. The summed E-state index contributed by atoms with van der Waals surface area (Å²) in [7, 11) is 0. The molecule has 0 aliphatic heterocycles. The van der Waals surface area contributed by atoms with Crippen molar-refractivity contribution in [2.75, 3.05) is 0 Å². The van der Waals surface area contributed by atoms with Crippen LogP contribution in [0.5, 0.6) is 0 Å². The summed E-state index contributed by atoms with van der Waals surface area (Å²) in [6.07, 6.45) is -3.39. The smallest absolute Gasteiger partial charge is 0.475 e. The first-order chi connectivity index (χ1) is 8.12. The fourth-order valence-corrected chi connectivity index (χ4v) is 0.885. The highest BCUT2D eigenvalue weighted by Gasteiger charge is 2.38. The van der Waals surface area contributed by atoms with E-state index in [0.717, 1.165) is 3.57 Å². The number of alkyl halides is 3. The first-order valence-electron chi connectivity index (χ1n) is 4.14. The van der Waals surface area contributed by atoms with Gasteiger partial charge < -0.3 is 16.6 Å². The third-order valence-electron chi connectivity index (χ3n) is 1.20. The van der Waals surface area contributed by atoms with E-state index in [4.69, 9.17) is 21.4 Å². The van der Waals surface area contributed by atoms with Crippen LogP contribution in [0.2, 0.25) is 0 Å². The van der Waals surface area contributed by atoms with Gasteiger partial charge in [0.25, 0.3) is 0 Å². The number of nitrogens with zero attached hydrogens (tertiary/aromatic N) is 2. The molecule has 0 spiro atoms. The van der Waals surface area contributed by atoms with E-state index in [0.29, 0.717) is 5.82 Å². The van der Waals surface area contributed by atoms with Crippen LogP contribution in [0.25, 0.3) is 0 Å². The van der Waals surface area contributed by atoms with Crippen LogP contribution in [0, 0.1) is 3.57 Å². The Bertz CT molecular complexity index is 429. The van der Waals surface area contributed by atoms with Gasteiger partial charge >= 0.3 is 12.1 Å². The topological polar surface area (TPSA) is 115 Å². The van der Waals surface area contributed by atoms with Gasteiger partial charge in [-0.15, -0.1) is 0 Å². The number of guanidine groups is 1. The molecule has 1 aromatic rings. The van der Waals surface area contributed by atoms with Crippen molar-refractivity contribution in [3.63, 3.8) is 0 Å². The molecule has 18 heavy (non-hydrogen) atoms. The van der Waals surface area contributed by atoms with Gasteiger partial charge in [0, 0.05) is 9.77 Å². The van der Waals surface area contributed by atoms with Crippen molar-refractivity contribution in [3.05, 3.63) is 21.9 Å². The monoisotopic (exact) mass is 376 g/mol. The van der Waals surface area contributed by atoms with Gasteiger partial charge in [0.1, 0.15) is 0 Å². The minimum absolute atomic E-state index is 0.0266. The molecule has 0 amide bonds. The predicted molar refractivity (Wildman–Crippen MR) is 66.1 cm³/mol. The average molecular weight is 376 g/mol. The highest BCUT2D eigenvalue weighted by molar-refractivity contribution is 14.1. The second-order valence-electron chi connectivity index (χ2n) is 2.67. The van der Waals surface area contributed by atoms with E-state index in [1.165, 1.54) is 0 Å². The summed E-state index contributed by atoms with van der Waals surface area (Å²) in [4.78, 5) is 16.6. The molecule has 0 bridgehead atoms. The zero-order chi connectivity index (χ0) is 14.3. The maximum Gasteiger partial charge on any atom is 0.490 e. The number of aliphatic imine (C=N–C) groups is 1. The van der Waals surface area contributed by atoms with Crippen LogP contribution in [-0.4, -0.2) is 28.2 Å². The second-order valence-corrected chi connectivity index (χ2v) is 3.92. The van der Waals surface area contributed by atoms with Crippen LogP contribution in [0.4, 0.5) is 19.0 Å². The second kappa shape index (κ2) is 6.98. The number of halogens is 4. The summed E-state index contributed by atoms with van der Waals surface area (Å²) in [5, 5.41) is 7.12. The molecule has 0 fully saturated rings. The summed E-state index contributed by atoms with van der Waals surface area (Å²) in [5.41, 5.74) is 10.3. The number of carboxylic acid groups (broad SMARTS) is 1. The van der Waals surface area contributed by atoms with Crippen LogP contribution >= 0.6 is 22.6 Å². The van der Waals surface area contributed by atoms with Crippen molar-refractivity contribution in [2.24, 2.45) is 16.5 Å². The number of hydrogen-bond donors (Lipinski definition) is 3. The van der Waals surface area contributed by atoms with Gasteiger partial charge in [0.15, 0.2) is 11.8 Å². The lowest BCUT2D eigenvalue weighted by Crippen LogP contribution is -2.22. The lowest BCUT2D eigenvalue weighted by Gasteiger charge is -1.93. The third-order valence-corrected chi connectivity index (χ3v) is 1.84. The highest BCUT2D eigenvalue weighted by Crippen LogP contribution is 2.13. The van der Waals surface area contributed by atoms with Crippen LogP contribution in [0.1, 0.15) is 0 Å². The Morgan fingerprint density at radius 2 is 1.89 bits per heavy atom. The van der Waals surface area contributed by atoms with Crippen LogP contribution in [0.3, 0.4) is 0 Å². The van der Waals surface area contributed by atoms with Gasteiger partial charge in [-0.05, 0) is 34.7 Å². The molecule has 0 unspecified atom stereocenters. The molecule has 10 heteroatoms. The van der Waals surface area contributed by atoms with Crippen molar-refractivity contribution in [2.45, 2.75) is 6.18 Å². The van der Waals surface area contributed by atoms with Crippen molar-refractivity contribution in [1.29, 1.82) is 0 Å². The van der Waals surface area contributed by atoms with Gasteiger partial charge in [-0.1, -0.05) is 0 Å². The van der Waals surface area contributed by atoms with Crippen molar-refractivity contribution < 1.29 is 23.1 Å². The quantitative estimate of drug-likeness (QED) is 0.388. The Morgan fingerprint density at radius 3 is 2.17 bits per heavy atom. The number of pyridine rings is 1. The Kier molecular flexibility index (Phi) is 6.36. The molecule has 1 aromatic heterocycles. The molecule has 0 radical (unpaired) electrons. The Balaban J connectivity index is 0.000000360. The number of aliphatic carboxylic acids is 1. The summed E-state index contributed by atoms with van der Waals surface area (Å²) in [6.45, 7) is 0. The fraction of sp³-hybridized carbons (Fsp3) is 0.125. The maximum atomic E-state index is 10.6. The minimum Gasteiger partial charge on any atom is -0.475 e. The van der Waals surface area contributed by atoms with Crippen molar-refractivity contribution >= 4 is 40.3 Å². The van der Waals surface area contributed by atoms with E-state index in [1.807, 2.05) is 6.07 Å². The molecular weight excluding hydrogens is 368 g/mol. The Labute approximate surface area is 113 Å². The molecule has 0 atom stereocenters. The Hall–Kier alpha value is -1.59. The zero-order valence-electron chi connectivity index (χ0n) is 8.65. The normalized spacial score (nSPS) is 10.0. The molecule has 1 rings (SSSR count). The standard InChI is InChI=1S/C6H7IN4.C2HF3O2/c7-4-1-2-5(10-3-4)11-6(8)9;3-2(4,5)1(6)7/h1-3H,(H4,8,9,10,11);(H,6,7). The zero-order valence-corrected chi connectivity index (χ0v) is 10.8. The van der Waals surface area contributed by atoms with Crippen molar-refractivity contribution in [1.82, 2.24) is 4.98 Å². The van der Waals surface area contributed by atoms with Crippen LogP contribution < -0.4 is 11.5 Å². The molecule has 1 heterocycles. The Morgan fingerprint density at radius 1 is 1.39 bits per heavy atom. The number of nitrogens with two attached hydrogens (primary N) is 2. The molecule has 100 valence electrons. The minimum atomic E-state index is -5.08. The highest BCUT2D eigenvalue weighted by atomic mass is 127. The van der Waals surface area contributed by atoms with Crippen molar-refractivity contribution in [3.8, 4) is 0 Å². The first-order valence-corrected chi connectivity index (χ1v) is 5.22. The summed E-state index contributed by atoms with van der Waals surface area (Å²) < 4.78 is 32.8. The molecule has 5 N–H and O–H groups in total. The summed E-state index contributed by atoms with van der Waals surface area (Å²) in [5.74, 6) is -2.20. The number of rotatable bonds is 1. The molecule has 6 nitrogen and oxygen atoms in total. The van der Waals surface area contributed by atoms with Gasteiger partial charge in [0.05, 0.1) is 0 Å². The van der Waals surface area contributed by atoms with Crippen LogP contribution in [-0.2, 0) is 4.79 Å². The van der Waals surface area contributed by atoms with Crippen LogP contribution in [0.15, 0.2) is 23.3 Å². The fourth-order valence-electron chi connectivity index (χ4n) is 0.566. The summed E-state index contributed by atoms with van der Waals surface area (Å²) >= 11 is 2.16. The molecule has 0 aliphatic rings. The van der Waals surface area contributed by atoms with E-state index >= 15 is 0 Å². The van der Waals surface area contributed by atoms with Gasteiger partial charge in [-0.2, -0.15) is 18.2 Å². The van der Waals surface area contributed by atoms with Gasteiger partial charge in [0.2, 0.25) is 0 Å². The SMILES string of the molecule is NC(N)=Nc1ccc(I)cn1.O=C(O)C(F)(F)F. The van der Waals surface area contributed by atoms with E-state index in [1.54, 1.807) is 12.3 Å². The molecular formula is C8H8F3IN4O2. The number of carboxylic acids is 1. The van der Waals surface area contributed by atoms with Gasteiger partial charge in [-0.25, -0.2) is 9.78 Å². The van der Waals surface area contributed by atoms with Gasteiger partial charge in [-0.3, -0.25) is 0 Å². The van der Waals surface area contributed by atoms with E-state index in [-0.39, 0.29) is 5.96 Å². The largest absolute Gasteiger partial charge is 0.490 e. The predicted octanol–water partition coefficient (Wildman–Crippen LogP) is 1.22. The maximum absolute atomic E-state index is 10.6. The number of hydrogen-bond acceptors (Lipinski definition) is 3. The third kappa shape index (κ3) is 7.65. The molecule has 0 aromatic carbocycles.